The Bertz CT molecular complexity index is 658. The molecule has 0 spiro atoms. The van der Waals surface area contributed by atoms with E-state index >= 15 is 0 Å². The zero-order valence-corrected chi connectivity index (χ0v) is 15.8. The molecule has 2 N–H and O–H groups in total. The molecule has 1 amide bonds. The van der Waals surface area contributed by atoms with E-state index in [0.29, 0.717) is 5.56 Å². The van der Waals surface area contributed by atoms with Crippen LogP contribution in [0.2, 0.25) is 0 Å². The van der Waals surface area contributed by atoms with E-state index in [-0.39, 0.29) is 29.6 Å². The van der Waals surface area contributed by atoms with Crippen molar-refractivity contribution in [3.63, 3.8) is 0 Å². The fourth-order valence-corrected chi connectivity index (χ4v) is 3.42. The minimum absolute atomic E-state index is 0.184. The van der Waals surface area contributed by atoms with E-state index in [0.717, 1.165) is 5.56 Å². The van der Waals surface area contributed by atoms with Crippen LogP contribution in [0.1, 0.15) is 29.3 Å². The highest BCUT2D eigenvalue weighted by Gasteiger charge is 2.25. The molecular weight excluding hydrogens is 358 g/mol. The van der Waals surface area contributed by atoms with Crippen LogP contribution >= 0.6 is 11.8 Å². The number of amides is 1. The molecule has 1 aromatic rings. The van der Waals surface area contributed by atoms with Crippen molar-refractivity contribution in [3.8, 4) is 0 Å². The monoisotopic (exact) mass is 381 g/mol. The number of carboxylic acid groups (broad SMARTS) is 1. The van der Waals surface area contributed by atoms with Crippen LogP contribution in [-0.4, -0.2) is 53.4 Å². The first-order chi connectivity index (χ1) is 12.2. The van der Waals surface area contributed by atoms with Crippen LogP contribution in [0.3, 0.4) is 0 Å². The summed E-state index contributed by atoms with van der Waals surface area (Å²) in [4.78, 5) is 46.6. The number of ketones is 1. The first-order valence-electron chi connectivity index (χ1n) is 8.00. The van der Waals surface area contributed by atoms with Gasteiger partial charge in [0.25, 0.3) is 0 Å². The lowest BCUT2D eigenvalue weighted by Gasteiger charge is -2.17. The molecule has 0 aliphatic rings. The fourth-order valence-electron chi connectivity index (χ4n) is 2.28. The number of hydrogen-bond donors (Lipinski definition) is 2. The molecule has 0 aromatic heterocycles. The van der Waals surface area contributed by atoms with Crippen LogP contribution in [0.5, 0.6) is 0 Å². The average molecular weight is 381 g/mol. The van der Waals surface area contributed by atoms with Crippen LogP contribution in [0.15, 0.2) is 24.3 Å². The fraction of sp³-hybridized carbons (Fsp3) is 0.444. The van der Waals surface area contributed by atoms with Gasteiger partial charge in [-0.15, -0.1) is 0 Å². The van der Waals surface area contributed by atoms with Crippen molar-refractivity contribution in [1.29, 1.82) is 0 Å². The average Bonchev–Trinajstić information content (AvgIpc) is 2.58. The quantitative estimate of drug-likeness (QED) is 0.469. The van der Waals surface area contributed by atoms with Gasteiger partial charge in [-0.1, -0.05) is 29.8 Å². The van der Waals surface area contributed by atoms with E-state index in [1.807, 2.05) is 6.92 Å². The van der Waals surface area contributed by atoms with Crippen molar-refractivity contribution < 1.29 is 29.0 Å². The number of aryl methyl sites for hydroxylation is 1. The molecule has 1 aromatic carbocycles. The Balaban J connectivity index is 2.76. The Morgan fingerprint density at radius 2 is 1.77 bits per heavy atom. The first kappa shape index (κ1) is 21.7. The molecule has 8 heteroatoms. The topological polar surface area (TPSA) is 110 Å². The third-order valence-corrected chi connectivity index (χ3v) is 4.80. The van der Waals surface area contributed by atoms with Crippen molar-refractivity contribution >= 4 is 35.4 Å². The molecule has 2 atom stereocenters. The van der Waals surface area contributed by atoms with Gasteiger partial charge in [0.15, 0.2) is 5.78 Å². The summed E-state index contributed by atoms with van der Waals surface area (Å²) < 4.78 is 4.64. The lowest BCUT2D eigenvalue weighted by Crippen LogP contribution is -2.42. The van der Waals surface area contributed by atoms with Crippen LogP contribution in [0, 0.1) is 12.8 Å². The summed E-state index contributed by atoms with van der Waals surface area (Å²) in [6.45, 7) is 3.18. The van der Waals surface area contributed by atoms with Gasteiger partial charge >= 0.3 is 11.9 Å². The summed E-state index contributed by atoms with van der Waals surface area (Å²) in [6, 6.07) is 6.09. The minimum atomic E-state index is -1.07. The molecule has 0 saturated carbocycles. The first-order valence-corrected chi connectivity index (χ1v) is 9.15. The highest BCUT2D eigenvalue weighted by Crippen LogP contribution is 2.19. The van der Waals surface area contributed by atoms with Crippen molar-refractivity contribution in [2.24, 2.45) is 5.92 Å². The van der Waals surface area contributed by atoms with Crippen LogP contribution < -0.4 is 5.32 Å². The number of thioether (sulfide) groups is 1. The van der Waals surface area contributed by atoms with Gasteiger partial charge in [-0.2, -0.15) is 11.8 Å². The maximum absolute atomic E-state index is 12.6. The number of esters is 1. The molecule has 7 nitrogen and oxygen atoms in total. The zero-order chi connectivity index (χ0) is 19.7. The lowest BCUT2D eigenvalue weighted by molar-refractivity contribution is -0.144. The number of benzene rings is 1. The summed E-state index contributed by atoms with van der Waals surface area (Å²) in [6.07, 6.45) is -0.303. The van der Waals surface area contributed by atoms with Gasteiger partial charge in [0.1, 0.15) is 6.04 Å². The van der Waals surface area contributed by atoms with Gasteiger partial charge in [0, 0.05) is 29.9 Å². The lowest BCUT2D eigenvalue weighted by atomic mass is 9.96. The van der Waals surface area contributed by atoms with Crippen LogP contribution in [-0.2, 0) is 19.1 Å². The van der Waals surface area contributed by atoms with Crippen molar-refractivity contribution in [3.05, 3.63) is 35.4 Å². The molecule has 26 heavy (non-hydrogen) atoms. The summed E-state index contributed by atoms with van der Waals surface area (Å²) in [5.74, 6) is -2.62. The number of ether oxygens (including phenoxy) is 1. The smallest absolute Gasteiger partial charge is 0.329 e. The molecule has 0 bridgehead atoms. The van der Waals surface area contributed by atoms with E-state index in [1.165, 1.54) is 25.8 Å². The molecule has 0 heterocycles. The van der Waals surface area contributed by atoms with Gasteiger partial charge in [0.2, 0.25) is 5.91 Å². The zero-order valence-electron chi connectivity index (χ0n) is 15.0. The van der Waals surface area contributed by atoms with Gasteiger partial charge in [0.05, 0.1) is 13.5 Å². The normalized spacial score (nSPS) is 12.7. The number of hydrogen-bond acceptors (Lipinski definition) is 6. The molecule has 142 valence electrons. The van der Waals surface area contributed by atoms with E-state index in [1.54, 1.807) is 24.3 Å². The van der Waals surface area contributed by atoms with Crippen LogP contribution in [0.4, 0.5) is 0 Å². The maximum Gasteiger partial charge on any atom is 0.329 e. The van der Waals surface area contributed by atoms with Crippen molar-refractivity contribution in [2.45, 2.75) is 26.3 Å². The SMILES string of the molecule is COC(=O)[C@H](CSCC(CC(=O)O)C(=O)c1ccc(C)cc1)NC(C)=O. The van der Waals surface area contributed by atoms with Gasteiger partial charge in [-0.25, -0.2) is 4.79 Å². The number of carbonyl (C=O) groups excluding carboxylic acids is 3. The minimum Gasteiger partial charge on any atom is -0.481 e. The van der Waals surface area contributed by atoms with Crippen molar-refractivity contribution in [1.82, 2.24) is 5.32 Å². The largest absolute Gasteiger partial charge is 0.481 e. The molecule has 0 fully saturated rings. The number of aliphatic carboxylic acids is 1. The number of Topliss-reactive ketones (excluding diaryl/α,β-unsaturated/α-hetero) is 1. The van der Waals surface area contributed by atoms with E-state index in [2.05, 4.69) is 10.1 Å². The third-order valence-electron chi connectivity index (χ3n) is 3.59. The Kier molecular flexibility index (Phi) is 8.84. The Hall–Kier alpha value is -2.35. The second-order valence-corrected chi connectivity index (χ2v) is 6.91. The predicted octanol–water partition coefficient (Wildman–Crippen LogP) is 1.68. The number of methoxy groups -OCH3 is 1. The number of rotatable bonds is 10. The van der Waals surface area contributed by atoms with E-state index < -0.39 is 23.9 Å². The van der Waals surface area contributed by atoms with Gasteiger partial charge < -0.3 is 15.2 Å². The highest BCUT2D eigenvalue weighted by atomic mass is 32.2. The van der Waals surface area contributed by atoms with Crippen molar-refractivity contribution in [2.75, 3.05) is 18.6 Å². The maximum atomic E-state index is 12.6. The van der Waals surface area contributed by atoms with Gasteiger partial charge in [-0.05, 0) is 6.92 Å². The third kappa shape index (κ3) is 7.26. The summed E-state index contributed by atoms with van der Waals surface area (Å²) in [5, 5.41) is 11.6. The summed E-state index contributed by atoms with van der Waals surface area (Å²) in [7, 11) is 1.22. The molecule has 0 aliphatic carbocycles. The Labute approximate surface area is 156 Å². The summed E-state index contributed by atoms with van der Waals surface area (Å²) >= 11 is 1.22. The molecular formula is C18H23NO6S. The van der Waals surface area contributed by atoms with Crippen LogP contribution in [0.25, 0.3) is 0 Å². The number of nitrogens with one attached hydrogen (secondary N) is 1. The van der Waals surface area contributed by atoms with E-state index in [9.17, 15) is 19.2 Å². The standard InChI is InChI=1S/C18H23NO6S/c1-11-4-6-13(7-5-11)17(23)14(8-16(21)22)9-26-10-15(18(24)25-3)19-12(2)20/h4-7,14-15H,8-10H2,1-3H3,(H,19,20)(H,21,22)/t14?,15-/m0/s1. The number of carbonyl (C=O) groups is 4. The second kappa shape index (κ2) is 10.6. The van der Waals surface area contributed by atoms with E-state index in [4.69, 9.17) is 5.11 Å². The molecule has 1 unspecified atom stereocenters. The number of carboxylic acids is 1. The van der Waals surface area contributed by atoms with Gasteiger partial charge in [-0.3, -0.25) is 14.4 Å². The molecule has 0 saturated heterocycles. The summed E-state index contributed by atoms with van der Waals surface area (Å²) in [5.41, 5.74) is 1.45. The Morgan fingerprint density at radius 1 is 1.15 bits per heavy atom. The Morgan fingerprint density at radius 3 is 2.27 bits per heavy atom. The molecule has 0 radical (unpaired) electrons. The molecule has 1 rings (SSSR count). The second-order valence-electron chi connectivity index (χ2n) is 5.84. The predicted molar refractivity (Wildman–Crippen MR) is 98.2 cm³/mol. The molecule has 0 aliphatic heterocycles. The highest BCUT2D eigenvalue weighted by molar-refractivity contribution is 7.99.